The lowest BCUT2D eigenvalue weighted by Gasteiger charge is -2.43. The zero-order valence-electron chi connectivity index (χ0n) is 15.4. The van der Waals surface area contributed by atoms with Crippen molar-refractivity contribution in [1.82, 2.24) is 9.80 Å². The van der Waals surface area contributed by atoms with Crippen LogP contribution in [-0.4, -0.2) is 65.5 Å². The van der Waals surface area contributed by atoms with Gasteiger partial charge in [-0.2, -0.15) is 0 Å². The van der Waals surface area contributed by atoms with Gasteiger partial charge < -0.3 is 19.3 Å². The highest BCUT2D eigenvalue weighted by Crippen LogP contribution is 2.40. The molecule has 0 N–H and O–H groups in total. The molecule has 0 aliphatic carbocycles. The van der Waals surface area contributed by atoms with E-state index in [1.54, 1.807) is 11.8 Å². The van der Waals surface area contributed by atoms with Gasteiger partial charge in [0, 0.05) is 32.5 Å². The number of hydrogen-bond donors (Lipinski definition) is 0. The number of ether oxygens (including phenoxy) is 2. The molecule has 0 radical (unpaired) electrons. The first-order valence-corrected chi connectivity index (χ1v) is 9.06. The van der Waals surface area contributed by atoms with Crippen molar-refractivity contribution in [3.63, 3.8) is 0 Å². The second kappa shape index (κ2) is 6.40. The summed E-state index contributed by atoms with van der Waals surface area (Å²) >= 11 is 0. The fourth-order valence-electron chi connectivity index (χ4n) is 4.36. The van der Waals surface area contributed by atoms with E-state index in [4.69, 9.17) is 9.47 Å². The molecule has 2 amide bonds. The lowest BCUT2D eigenvalue weighted by Crippen LogP contribution is -2.59. The number of piperazine rings is 1. The minimum absolute atomic E-state index is 0.0134. The third-order valence-electron chi connectivity index (χ3n) is 5.64. The maximum atomic E-state index is 13.1. The van der Waals surface area contributed by atoms with Crippen molar-refractivity contribution >= 4 is 17.8 Å². The summed E-state index contributed by atoms with van der Waals surface area (Å²) in [6.45, 7) is 2.42. The first-order valence-electron chi connectivity index (χ1n) is 9.06. The predicted molar refractivity (Wildman–Crippen MR) is 95.4 cm³/mol. The quantitative estimate of drug-likeness (QED) is 0.739. The summed E-state index contributed by atoms with van der Waals surface area (Å²) in [5.74, 6) is -0.794. The molecule has 7 nitrogen and oxygen atoms in total. The van der Waals surface area contributed by atoms with E-state index in [0.717, 1.165) is 5.56 Å². The Morgan fingerprint density at radius 3 is 2.63 bits per heavy atom. The van der Waals surface area contributed by atoms with Crippen molar-refractivity contribution in [2.75, 3.05) is 20.2 Å². The van der Waals surface area contributed by atoms with Crippen LogP contribution in [0.3, 0.4) is 0 Å². The maximum absolute atomic E-state index is 13.1. The molecule has 3 heterocycles. The van der Waals surface area contributed by atoms with E-state index in [1.807, 2.05) is 35.2 Å². The lowest BCUT2D eigenvalue weighted by atomic mass is 9.97. The number of fused-ring (bicyclic) bond motifs is 1. The van der Waals surface area contributed by atoms with Crippen LogP contribution in [0.15, 0.2) is 42.2 Å². The first-order chi connectivity index (χ1) is 12.9. The largest absolute Gasteiger partial charge is 0.490 e. The summed E-state index contributed by atoms with van der Waals surface area (Å²) in [5, 5.41) is 0. The normalized spacial score (nSPS) is 29.6. The van der Waals surface area contributed by atoms with Crippen LogP contribution in [0.1, 0.15) is 18.9 Å². The summed E-state index contributed by atoms with van der Waals surface area (Å²) in [6, 6.07) is 9.63. The Morgan fingerprint density at radius 1 is 1.26 bits per heavy atom. The molecule has 142 valence electrons. The number of esters is 1. The van der Waals surface area contributed by atoms with E-state index in [-0.39, 0.29) is 29.7 Å². The van der Waals surface area contributed by atoms with Crippen LogP contribution in [0.25, 0.3) is 0 Å². The third kappa shape index (κ3) is 2.87. The van der Waals surface area contributed by atoms with Crippen molar-refractivity contribution in [3.05, 3.63) is 47.7 Å². The maximum Gasteiger partial charge on any atom is 0.374 e. The second-order valence-corrected chi connectivity index (χ2v) is 7.32. The van der Waals surface area contributed by atoms with Gasteiger partial charge in [-0.05, 0) is 12.0 Å². The number of carbonyl (C=O) groups is 3. The highest BCUT2D eigenvalue weighted by Gasteiger charge is 2.59. The van der Waals surface area contributed by atoms with Gasteiger partial charge >= 0.3 is 5.97 Å². The van der Waals surface area contributed by atoms with Gasteiger partial charge in [0.05, 0.1) is 19.2 Å². The Labute approximate surface area is 157 Å². The average Bonchev–Trinajstić information content (AvgIpc) is 3.11. The van der Waals surface area contributed by atoms with Crippen LogP contribution in [-0.2, 0) is 30.3 Å². The smallest absolute Gasteiger partial charge is 0.374 e. The number of methoxy groups -OCH3 is 1. The van der Waals surface area contributed by atoms with Gasteiger partial charge in [-0.15, -0.1) is 0 Å². The van der Waals surface area contributed by atoms with E-state index in [2.05, 4.69) is 0 Å². The van der Waals surface area contributed by atoms with E-state index in [9.17, 15) is 14.4 Å². The van der Waals surface area contributed by atoms with Crippen molar-refractivity contribution in [2.24, 2.45) is 0 Å². The van der Waals surface area contributed by atoms with Gasteiger partial charge in [-0.25, -0.2) is 4.79 Å². The first kappa shape index (κ1) is 17.6. The van der Waals surface area contributed by atoms with Crippen LogP contribution in [0.4, 0.5) is 0 Å². The Balaban J connectivity index is 1.60. The molecular formula is C20H22N2O5. The Bertz CT molecular complexity index is 821. The zero-order chi connectivity index (χ0) is 19.2. The van der Waals surface area contributed by atoms with Gasteiger partial charge in [0.25, 0.3) is 5.91 Å². The van der Waals surface area contributed by atoms with Crippen molar-refractivity contribution in [2.45, 2.75) is 37.5 Å². The fourth-order valence-corrected chi connectivity index (χ4v) is 4.36. The molecule has 0 bridgehead atoms. The number of amides is 2. The van der Waals surface area contributed by atoms with Crippen LogP contribution < -0.4 is 0 Å². The van der Waals surface area contributed by atoms with Crippen LogP contribution in [0, 0.1) is 0 Å². The predicted octanol–water partition coefficient (Wildman–Crippen LogP) is 0.887. The highest BCUT2D eigenvalue weighted by atomic mass is 16.6. The zero-order valence-corrected chi connectivity index (χ0v) is 15.4. The number of nitrogens with zero attached hydrogens (tertiary/aromatic N) is 2. The average molecular weight is 370 g/mol. The third-order valence-corrected chi connectivity index (χ3v) is 5.64. The van der Waals surface area contributed by atoms with Crippen LogP contribution >= 0.6 is 0 Å². The Hall–Kier alpha value is -2.83. The standard InChI is InChI=1S/C20H22N2O5/c1-13(23)21-12-16-9-20(10-17(26-2)18(24)27-20)19(25)22(16)11-15(21)8-14-6-4-3-5-7-14/h3-7,10,15-16H,8-9,11-12H2,1-2H3/t15-,16-,20-/m0/s1. The summed E-state index contributed by atoms with van der Waals surface area (Å²) in [4.78, 5) is 40.9. The van der Waals surface area contributed by atoms with E-state index >= 15 is 0 Å². The molecule has 0 unspecified atom stereocenters. The number of carbonyl (C=O) groups excluding carboxylic acids is 3. The molecule has 1 aromatic carbocycles. The molecule has 2 fully saturated rings. The SMILES string of the molecule is COC1=C[C@]2(C[C@H]3CN(C(C)=O)[C@@H](Cc4ccccc4)CN3C2=O)OC1=O. The van der Waals surface area contributed by atoms with Gasteiger partial charge in [-0.1, -0.05) is 30.3 Å². The Morgan fingerprint density at radius 2 is 2.00 bits per heavy atom. The fraction of sp³-hybridized carbons (Fsp3) is 0.450. The second-order valence-electron chi connectivity index (χ2n) is 7.32. The lowest BCUT2D eigenvalue weighted by molar-refractivity contribution is -0.159. The monoisotopic (exact) mass is 370 g/mol. The number of benzene rings is 1. The molecule has 0 aromatic heterocycles. The summed E-state index contributed by atoms with van der Waals surface area (Å²) in [6.07, 6.45) is 2.50. The molecule has 0 saturated carbocycles. The minimum Gasteiger partial charge on any atom is -0.490 e. The minimum atomic E-state index is -1.29. The van der Waals surface area contributed by atoms with Gasteiger partial charge in [-0.3, -0.25) is 9.59 Å². The number of rotatable bonds is 3. The van der Waals surface area contributed by atoms with Gasteiger partial charge in [0.1, 0.15) is 0 Å². The molecular weight excluding hydrogens is 348 g/mol. The molecule has 7 heteroatoms. The molecule has 1 spiro atoms. The van der Waals surface area contributed by atoms with Crippen molar-refractivity contribution in [3.8, 4) is 0 Å². The van der Waals surface area contributed by atoms with Crippen molar-refractivity contribution < 1.29 is 23.9 Å². The molecule has 1 aromatic rings. The number of hydrogen-bond acceptors (Lipinski definition) is 5. The Kier molecular flexibility index (Phi) is 4.17. The van der Waals surface area contributed by atoms with Gasteiger partial charge in [0.15, 0.2) is 0 Å². The summed E-state index contributed by atoms with van der Waals surface area (Å²) in [7, 11) is 1.38. The molecule has 4 rings (SSSR count). The van der Waals surface area contributed by atoms with E-state index in [1.165, 1.54) is 13.2 Å². The molecule has 3 aliphatic rings. The summed E-state index contributed by atoms with van der Waals surface area (Å²) < 4.78 is 10.4. The topological polar surface area (TPSA) is 76.2 Å². The van der Waals surface area contributed by atoms with E-state index in [0.29, 0.717) is 25.9 Å². The van der Waals surface area contributed by atoms with Crippen LogP contribution in [0.5, 0.6) is 0 Å². The van der Waals surface area contributed by atoms with Gasteiger partial charge in [0.2, 0.25) is 17.3 Å². The summed E-state index contributed by atoms with van der Waals surface area (Å²) in [5.41, 5.74) is -0.181. The van der Waals surface area contributed by atoms with Crippen LogP contribution in [0.2, 0.25) is 0 Å². The molecule has 27 heavy (non-hydrogen) atoms. The highest BCUT2D eigenvalue weighted by molar-refractivity contribution is 6.00. The van der Waals surface area contributed by atoms with Crippen molar-refractivity contribution in [1.29, 1.82) is 0 Å². The molecule has 3 atom stereocenters. The van der Waals surface area contributed by atoms with E-state index < -0.39 is 11.6 Å². The molecule has 2 saturated heterocycles. The molecule has 3 aliphatic heterocycles.